The lowest BCUT2D eigenvalue weighted by molar-refractivity contribution is 0.414. The number of hydrogen-bond donors (Lipinski definition) is 0. The zero-order valence-corrected chi connectivity index (χ0v) is 12.2. The van der Waals surface area contributed by atoms with Gasteiger partial charge < -0.3 is 9.30 Å². The van der Waals surface area contributed by atoms with Crippen LogP contribution in [-0.2, 0) is 6.54 Å². The van der Waals surface area contributed by atoms with E-state index in [1.54, 1.807) is 13.3 Å². The third kappa shape index (κ3) is 2.25. The maximum atomic E-state index is 6.24. The number of methoxy groups -OCH3 is 1. The summed E-state index contributed by atoms with van der Waals surface area (Å²) in [5.74, 6) is 0.863. The molecular weight excluding hydrogens is 272 g/mol. The molecule has 0 aliphatic carbocycles. The second-order valence-electron chi connectivity index (χ2n) is 4.76. The lowest BCUT2D eigenvalue weighted by atomic mass is 10.2. The highest BCUT2D eigenvalue weighted by Crippen LogP contribution is 2.26. The maximum Gasteiger partial charge on any atom is 0.153 e. The Hall–Kier alpha value is -2.00. The van der Waals surface area contributed by atoms with E-state index in [1.807, 2.05) is 18.2 Å². The van der Waals surface area contributed by atoms with Gasteiger partial charge in [-0.15, -0.1) is 0 Å². The highest BCUT2D eigenvalue weighted by Gasteiger charge is 2.10. The van der Waals surface area contributed by atoms with Crippen LogP contribution in [0.4, 0.5) is 0 Å². The van der Waals surface area contributed by atoms with Gasteiger partial charge in [0.15, 0.2) is 5.15 Å². The fourth-order valence-corrected chi connectivity index (χ4v) is 2.69. The predicted octanol–water partition coefficient (Wildman–Crippen LogP) is 4.06. The molecule has 3 rings (SSSR count). The number of benzene rings is 1. The largest absolute Gasteiger partial charge is 0.497 e. The molecule has 2 heterocycles. The Bertz CT molecular complexity index is 747. The van der Waals surface area contributed by atoms with Gasteiger partial charge in [-0.3, -0.25) is 0 Å². The average molecular weight is 287 g/mol. The van der Waals surface area contributed by atoms with Crippen LogP contribution in [0.25, 0.3) is 10.9 Å². The van der Waals surface area contributed by atoms with Gasteiger partial charge >= 0.3 is 0 Å². The van der Waals surface area contributed by atoms with E-state index in [-0.39, 0.29) is 0 Å². The van der Waals surface area contributed by atoms with Crippen molar-refractivity contribution in [2.24, 2.45) is 0 Å². The molecule has 0 aliphatic heterocycles. The van der Waals surface area contributed by atoms with Gasteiger partial charge in [0, 0.05) is 23.8 Å². The third-order valence-electron chi connectivity index (χ3n) is 3.47. The SMILES string of the molecule is COc1ccc(Cn2c(C)cc3ccnc(Cl)c32)cc1. The number of aromatic nitrogens is 2. The molecule has 0 atom stereocenters. The molecule has 3 nitrogen and oxygen atoms in total. The first-order chi connectivity index (χ1) is 9.69. The summed E-state index contributed by atoms with van der Waals surface area (Å²) in [5.41, 5.74) is 3.36. The topological polar surface area (TPSA) is 27.1 Å². The number of fused-ring (bicyclic) bond motifs is 1. The highest BCUT2D eigenvalue weighted by atomic mass is 35.5. The molecule has 20 heavy (non-hydrogen) atoms. The Morgan fingerprint density at radius 1 is 1.20 bits per heavy atom. The number of hydrogen-bond acceptors (Lipinski definition) is 2. The first-order valence-electron chi connectivity index (χ1n) is 6.42. The molecule has 3 aromatic rings. The minimum absolute atomic E-state index is 0.545. The van der Waals surface area contributed by atoms with Gasteiger partial charge in [-0.25, -0.2) is 4.98 Å². The number of nitrogens with zero attached hydrogens (tertiary/aromatic N) is 2. The van der Waals surface area contributed by atoms with Gasteiger partial charge in [0.05, 0.1) is 12.6 Å². The number of halogens is 1. The molecule has 0 aliphatic rings. The number of pyridine rings is 1. The first kappa shape index (κ1) is 13.0. The Kier molecular flexibility index (Phi) is 3.36. The third-order valence-corrected chi connectivity index (χ3v) is 3.75. The fourth-order valence-electron chi connectivity index (χ4n) is 2.42. The molecule has 0 fully saturated rings. The summed E-state index contributed by atoms with van der Waals surface area (Å²) in [6.07, 6.45) is 1.74. The zero-order chi connectivity index (χ0) is 14.1. The van der Waals surface area contributed by atoms with Crippen LogP contribution in [-0.4, -0.2) is 16.7 Å². The molecule has 0 saturated carbocycles. The fraction of sp³-hybridized carbons (Fsp3) is 0.188. The van der Waals surface area contributed by atoms with Gasteiger partial charge in [-0.2, -0.15) is 0 Å². The molecule has 1 aromatic carbocycles. The van der Waals surface area contributed by atoms with E-state index in [9.17, 15) is 0 Å². The summed E-state index contributed by atoms with van der Waals surface area (Å²) in [7, 11) is 1.67. The van der Waals surface area contributed by atoms with Gasteiger partial charge in [0.2, 0.25) is 0 Å². The molecule has 0 N–H and O–H groups in total. The molecular formula is C16H15ClN2O. The summed E-state index contributed by atoms with van der Waals surface area (Å²) < 4.78 is 7.37. The Morgan fingerprint density at radius 3 is 2.65 bits per heavy atom. The van der Waals surface area contributed by atoms with E-state index < -0.39 is 0 Å². The van der Waals surface area contributed by atoms with E-state index in [0.29, 0.717) is 5.15 Å². The summed E-state index contributed by atoms with van der Waals surface area (Å²) in [5, 5.41) is 1.67. The molecule has 0 saturated heterocycles. The van der Waals surface area contributed by atoms with Crippen LogP contribution >= 0.6 is 11.6 Å². The van der Waals surface area contributed by atoms with Gasteiger partial charge in [-0.1, -0.05) is 23.7 Å². The number of rotatable bonds is 3. The van der Waals surface area contributed by atoms with Crippen LogP contribution in [0.2, 0.25) is 5.15 Å². The quantitative estimate of drug-likeness (QED) is 0.679. The van der Waals surface area contributed by atoms with Crippen LogP contribution in [0.5, 0.6) is 5.75 Å². The molecule has 0 spiro atoms. The predicted molar refractivity (Wildman–Crippen MR) is 81.6 cm³/mol. The van der Waals surface area contributed by atoms with Crippen molar-refractivity contribution in [1.29, 1.82) is 0 Å². The highest BCUT2D eigenvalue weighted by molar-refractivity contribution is 6.33. The summed E-state index contributed by atoms with van der Waals surface area (Å²) in [4.78, 5) is 4.17. The number of aryl methyl sites for hydroxylation is 1. The molecule has 0 unspecified atom stereocenters. The minimum atomic E-state index is 0.545. The van der Waals surface area contributed by atoms with Gasteiger partial charge in [0.25, 0.3) is 0 Å². The normalized spacial score (nSPS) is 10.9. The van der Waals surface area contributed by atoms with Crippen molar-refractivity contribution in [2.45, 2.75) is 13.5 Å². The van der Waals surface area contributed by atoms with Crippen molar-refractivity contribution in [2.75, 3.05) is 7.11 Å². The van der Waals surface area contributed by atoms with Crippen LogP contribution in [0.15, 0.2) is 42.6 Å². The molecule has 4 heteroatoms. The molecule has 0 amide bonds. The second-order valence-corrected chi connectivity index (χ2v) is 5.12. The summed E-state index contributed by atoms with van der Waals surface area (Å²) in [6.45, 7) is 2.85. The van der Waals surface area contributed by atoms with Crippen LogP contribution < -0.4 is 4.74 Å². The van der Waals surface area contributed by atoms with Crippen LogP contribution in [0.1, 0.15) is 11.3 Å². The van der Waals surface area contributed by atoms with Crippen molar-refractivity contribution >= 4 is 22.5 Å². The van der Waals surface area contributed by atoms with E-state index in [4.69, 9.17) is 16.3 Å². The van der Waals surface area contributed by atoms with E-state index in [1.165, 1.54) is 11.3 Å². The molecule has 102 valence electrons. The van der Waals surface area contributed by atoms with Crippen LogP contribution in [0, 0.1) is 6.92 Å². The van der Waals surface area contributed by atoms with Crippen molar-refractivity contribution in [3.8, 4) is 5.75 Å². The lowest BCUT2D eigenvalue weighted by Gasteiger charge is -2.10. The summed E-state index contributed by atoms with van der Waals surface area (Å²) >= 11 is 6.24. The smallest absolute Gasteiger partial charge is 0.153 e. The molecule has 2 aromatic heterocycles. The van der Waals surface area contributed by atoms with Crippen molar-refractivity contribution in [3.05, 3.63) is 59.0 Å². The second kappa shape index (κ2) is 5.17. The van der Waals surface area contributed by atoms with E-state index in [2.05, 4.69) is 34.7 Å². The monoisotopic (exact) mass is 286 g/mol. The Morgan fingerprint density at radius 2 is 1.95 bits per heavy atom. The Labute approximate surface area is 122 Å². The van der Waals surface area contributed by atoms with E-state index in [0.717, 1.165) is 23.2 Å². The lowest BCUT2D eigenvalue weighted by Crippen LogP contribution is -2.02. The standard InChI is InChI=1S/C16H15ClN2O/c1-11-9-13-7-8-18-16(17)15(13)19(11)10-12-3-5-14(20-2)6-4-12/h3-9H,10H2,1-2H3. The zero-order valence-electron chi connectivity index (χ0n) is 11.4. The Balaban J connectivity index is 2.03. The average Bonchev–Trinajstić information content (AvgIpc) is 2.77. The van der Waals surface area contributed by atoms with Crippen molar-refractivity contribution < 1.29 is 4.74 Å². The first-order valence-corrected chi connectivity index (χ1v) is 6.80. The van der Waals surface area contributed by atoms with Crippen molar-refractivity contribution in [3.63, 3.8) is 0 Å². The van der Waals surface area contributed by atoms with E-state index >= 15 is 0 Å². The summed E-state index contributed by atoms with van der Waals surface area (Å²) in [6, 6.07) is 12.2. The minimum Gasteiger partial charge on any atom is -0.497 e. The van der Waals surface area contributed by atoms with Gasteiger partial charge in [0.1, 0.15) is 5.75 Å². The van der Waals surface area contributed by atoms with Gasteiger partial charge in [-0.05, 0) is 36.8 Å². The molecule has 0 radical (unpaired) electrons. The molecule has 0 bridgehead atoms. The van der Waals surface area contributed by atoms with Crippen molar-refractivity contribution in [1.82, 2.24) is 9.55 Å². The van der Waals surface area contributed by atoms with Crippen LogP contribution in [0.3, 0.4) is 0 Å². The number of ether oxygens (including phenoxy) is 1. The maximum absolute atomic E-state index is 6.24.